The highest BCUT2D eigenvalue weighted by Crippen LogP contribution is 2.32. The second kappa shape index (κ2) is 16.6. The molecule has 0 fully saturated rings. The highest BCUT2D eigenvalue weighted by molar-refractivity contribution is 6.83. The number of fused-ring (bicyclic) bond motifs is 8. The average Bonchev–Trinajstić information content (AvgIpc) is 4.11. The molecule has 4 N–H and O–H groups in total. The molecule has 8 aromatic rings. The highest BCUT2D eigenvalue weighted by Gasteiger charge is 2.21. The number of nitrogens with one attached hydrogen (secondary N) is 4. The molecular formula is C61H64N4Si. The van der Waals surface area contributed by atoms with Crippen LogP contribution in [-0.4, -0.2) is 28.0 Å². The Kier molecular flexibility index (Phi) is 11.2. The lowest BCUT2D eigenvalue weighted by Gasteiger charge is -2.19. The predicted molar refractivity (Wildman–Crippen MR) is 280 cm³/mol. The molecule has 1 aliphatic heterocycles. The standard InChI is InChI=1S/C61H64N4Si/c1-59(2,3)44-23-17-41(18-24-44)56-49-31-29-47(62-49)55(40-15-13-39(14-16-40)37-38-66(10,11)12)48-30-32-50(63-48)57(42-19-25-45(26-20-42)60(4,5)6)52-34-36-54(65-52)58(53-35-33-51(56)64-53)43-21-27-46(28-22-43)61(7,8)9/h13-36,62-65H,1-12H3. The summed E-state index contributed by atoms with van der Waals surface area (Å²) in [6.07, 6.45) is 0. The fraction of sp³-hybridized carbons (Fsp3) is 0.246. The zero-order chi connectivity index (χ0) is 46.8. The molecular weight excluding hydrogens is 817 g/mol. The van der Waals surface area contributed by atoms with Crippen molar-refractivity contribution in [2.75, 3.05) is 0 Å². The number of aromatic nitrogens is 4. The maximum atomic E-state index is 3.97. The first-order chi connectivity index (χ1) is 31.2. The van der Waals surface area contributed by atoms with E-state index in [-0.39, 0.29) is 16.2 Å². The van der Waals surface area contributed by atoms with E-state index in [9.17, 15) is 0 Å². The first-order valence-electron chi connectivity index (χ1n) is 23.4. The van der Waals surface area contributed by atoms with Crippen LogP contribution in [0.4, 0.5) is 0 Å². The maximum absolute atomic E-state index is 3.97. The van der Waals surface area contributed by atoms with Crippen LogP contribution in [0.3, 0.4) is 0 Å². The van der Waals surface area contributed by atoms with Crippen molar-refractivity contribution in [2.24, 2.45) is 0 Å². The minimum atomic E-state index is -1.54. The van der Waals surface area contributed by atoms with Crippen LogP contribution in [0, 0.1) is 11.5 Å². The Morgan fingerprint density at radius 3 is 0.818 bits per heavy atom. The highest BCUT2D eigenvalue weighted by atomic mass is 28.3. The summed E-state index contributed by atoms with van der Waals surface area (Å²) in [5, 5.41) is 4.11. The first-order valence-corrected chi connectivity index (χ1v) is 26.9. The predicted octanol–water partition coefficient (Wildman–Crippen LogP) is 11.4. The van der Waals surface area contributed by atoms with E-state index < -0.39 is 8.07 Å². The number of hydrogen-bond donors (Lipinski definition) is 4. The molecule has 0 saturated carbocycles. The molecule has 4 aromatic carbocycles. The molecule has 66 heavy (non-hydrogen) atoms. The molecule has 0 radical (unpaired) electrons. The topological polar surface area (TPSA) is 63.2 Å². The largest absolute Gasteiger partial charge is 0.354 e. The molecule has 332 valence electrons. The Morgan fingerprint density at radius 2 is 0.576 bits per heavy atom. The number of rotatable bonds is 4. The molecule has 8 bridgehead atoms. The van der Waals surface area contributed by atoms with Crippen molar-refractivity contribution in [3.05, 3.63) is 234 Å². The third-order valence-corrected chi connectivity index (χ3v) is 13.6. The van der Waals surface area contributed by atoms with Gasteiger partial charge in [0.15, 0.2) is 0 Å². The van der Waals surface area contributed by atoms with Crippen molar-refractivity contribution >= 4 is 30.4 Å². The van der Waals surface area contributed by atoms with Crippen LogP contribution in [-0.2, 0) is 16.2 Å². The van der Waals surface area contributed by atoms with Crippen molar-refractivity contribution in [1.82, 2.24) is 19.9 Å². The normalized spacial score (nSPS) is 13.5. The van der Waals surface area contributed by atoms with Crippen LogP contribution < -0.4 is 21.4 Å². The average molecular weight is 881 g/mol. The summed E-state index contributed by atoms with van der Waals surface area (Å²) < 4.78 is 0. The third kappa shape index (κ3) is 9.08. The van der Waals surface area contributed by atoms with E-state index in [1.165, 1.54) is 16.7 Å². The van der Waals surface area contributed by atoms with Gasteiger partial charge in [-0.05, 0) is 116 Å². The van der Waals surface area contributed by atoms with Gasteiger partial charge in [-0.1, -0.05) is 173 Å². The SMILES string of the molecule is CC(C)(C)c1ccc(C2=c3ccc([nH]3)=C(c3ccc(C#C[Si](C)(C)C)cc3)c3ccc([nH]3)C(c3ccc(C(C)(C)C)cc3)=c3ccc([nH]3)=C(c3ccc(C(C)(C)C)cc3)c3ccc2[nH]3)cc1. The molecule has 0 atom stereocenters. The van der Waals surface area contributed by atoms with Gasteiger partial charge in [-0.2, -0.15) is 0 Å². The number of benzene rings is 4. The maximum Gasteiger partial charge on any atom is 0.129 e. The second-order valence-electron chi connectivity index (χ2n) is 22.2. The van der Waals surface area contributed by atoms with Crippen LogP contribution in [0.1, 0.15) is 130 Å². The minimum absolute atomic E-state index is 0.0336. The van der Waals surface area contributed by atoms with Crippen molar-refractivity contribution in [1.29, 1.82) is 0 Å². The fourth-order valence-electron chi connectivity index (χ4n) is 8.96. The molecule has 0 aliphatic carbocycles. The van der Waals surface area contributed by atoms with Gasteiger partial charge in [0.05, 0.1) is 0 Å². The second-order valence-corrected chi connectivity index (χ2v) is 27.0. The van der Waals surface area contributed by atoms with Crippen LogP contribution >= 0.6 is 0 Å². The van der Waals surface area contributed by atoms with E-state index in [4.69, 9.17) is 0 Å². The van der Waals surface area contributed by atoms with Gasteiger partial charge >= 0.3 is 0 Å². The Hall–Kier alpha value is -6.74. The molecule has 0 unspecified atom stereocenters. The van der Waals surface area contributed by atoms with Crippen molar-refractivity contribution in [2.45, 2.75) is 98.2 Å². The molecule has 9 rings (SSSR count). The van der Waals surface area contributed by atoms with Crippen molar-refractivity contribution < 1.29 is 0 Å². The summed E-state index contributed by atoms with van der Waals surface area (Å²) in [7, 11) is -1.54. The smallest absolute Gasteiger partial charge is 0.129 e. The van der Waals surface area contributed by atoms with Crippen LogP contribution in [0.25, 0.3) is 22.3 Å². The van der Waals surface area contributed by atoms with E-state index in [1.54, 1.807) is 0 Å². The quantitative estimate of drug-likeness (QED) is 0.101. The van der Waals surface area contributed by atoms with Gasteiger partial charge in [-0.25, -0.2) is 0 Å². The lowest BCUT2D eigenvalue weighted by molar-refractivity contribution is 0.590. The van der Waals surface area contributed by atoms with Gasteiger partial charge in [0, 0.05) is 72.0 Å². The van der Waals surface area contributed by atoms with Gasteiger partial charge in [-0.15, -0.1) is 5.54 Å². The summed E-state index contributed by atoms with van der Waals surface area (Å²) in [4.78, 5) is 15.9. The fourth-order valence-corrected chi connectivity index (χ4v) is 9.48. The molecule has 0 amide bonds. The summed E-state index contributed by atoms with van der Waals surface area (Å²) in [6.45, 7) is 27.3. The van der Waals surface area contributed by atoms with Crippen molar-refractivity contribution in [3.63, 3.8) is 0 Å². The molecule has 4 aromatic heterocycles. The molecule has 4 nitrogen and oxygen atoms in total. The number of hydrogen-bond acceptors (Lipinski definition) is 0. The zero-order valence-corrected chi connectivity index (χ0v) is 41.9. The van der Waals surface area contributed by atoms with Gasteiger partial charge in [0.2, 0.25) is 0 Å². The lowest BCUT2D eigenvalue weighted by atomic mass is 9.86. The zero-order valence-electron chi connectivity index (χ0n) is 40.9. The van der Waals surface area contributed by atoms with E-state index in [0.29, 0.717) is 0 Å². The first kappa shape index (κ1) is 44.5. The van der Waals surface area contributed by atoms with E-state index in [1.807, 2.05) is 0 Å². The summed E-state index contributed by atoms with van der Waals surface area (Å²) in [6, 6.07) is 54.0. The van der Waals surface area contributed by atoms with Crippen LogP contribution in [0.2, 0.25) is 19.6 Å². The van der Waals surface area contributed by atoms with Crippen molar-refractivity contribution in [3.8, 4) is 11.5 Å². The lowest BCUT2D eigenvalue weighted by Crippen LogP contribution is -2.19. The Balaban J connectivity index is 1.37. The number of H-pyrrole nitrogens is 4. The summed E-state index contributed by atoms with van der Waals surface area (Å²) in [5.41, 5.74) is 21.6. The van der Waals surface area contributed by atoms with Gasteiger partial charge < -0.3 is 19.9 Å². The molecule has 5 heterocycles. The Morgan fingerprint density at radius 1 is 0.318 bits per heavy atom. The summed E-state index contributed by atoms with van der Waals surface area (Å²) in [5.74, 6) is 3.46. The van der Waals surface area contributed by atoms with Gasteiger partial charge in [0.1, 0.15) is 8.07 Å². The van der Waals surface area contributed by atoms with E-state index in [0.717, 1.165) is 94.3 Å². The van der Waals surface area contributed by atoms with Gasteiger partial charge in [-0.3, -0.25) is 0 Å². The Bertz CT molecular complexity index is 3400. The van der Waals surface area contributed by atoms with Crippen LogP contribution in [0.15, 0.2) is 146 Å². The molecule has 1 aliphatic rings. The monoisotopic (exact) mass is 880 g/mol. The summed E-state index contributed by atoms with van der Waals surface area (Å²) >= 11 is 0. The molecule has 5 heteroatoms. The molecule has 0 saturated heterocycles. The van der Waals surface area contributed by atoms with E-state index in [2.05, 4.69) is 259 Å². The van der Waals surface area contributed by atoms with E-state index >= 15 is 0 Å². The minimum Gasteiger partial charge on any atom is -0.354 e. The van der Waals surface area contributed by atoms with Gasteiger partial charge in [0.25, 0.3) is 0 Å². The third-order valence-electron chi connectivity index (χ3n) is 12.8. The number of aromatic amines is 4. The van der Waals surface area contributed by atoms with Crippen LogP contribution in [0.5, 0.6) is 0 Å². The molecule has 0 spiro atoms. The Labute approximate surface area is 392 Å².